The third-order valence-electron chi connectivity index (χ3n) is 28.3. The Morgan fingerprint density at radius 1 is 0.484 bits per heavy atom. The zero-order valence-corrected chi connectivity index (χ0v) is 76.2. The number of pyridine rings is 3. The molecule has 0 radical (unpaired) electrons. The standard InChI is InChI=1S/C35H38N8O3.C24H33BrN4O3.C19H25BrN4O.C16H14N4O3/c1-19-4-6-27(39-33(19)40-34(46)28-11-35(12-31(35)38-28)18-42-15-22-8-23(9-22)16-42)30(45)17-43-29-7-5-24(25-13-36-21(3)37-14-25)10-26(29)32(41-43)20(2)44;1-14-5-6-19(25)26-20(14)27-21(30)17-9-24(13-28-11-15-7-16(8-15)12-28)10-18(24)29(17)22(31)32-23(2,3)4;1-11-2-3-16(20)22-17(11)23-18(25)14-6-19(7-15(19)21-14)10-24-8-12-4-13(5-12)9-24;1-9(21)16-13-5-11(12-6-17-10(2)18-7-12)3-4-14(13)20(19-16)8-15(22)23/h4-7,10,13-14,22-23,28,31,38H,8-9,11-12,15-18H2,1-3H3,(H,39,40,46);5-6,15-18H,7-13H2,1-4H3,(H,26,27,30);2-3,12-15,21H,4-10H2,1H3,(H,22,23,25);3-7H,8H2,1-2H3,(H,22,23)/t22?,23?,28-,31?,35?;15?,16?,17-,18?,24?;12?,13?,14-,15?,19?;/m000./s1. The number of hydrogen-bond acceptors (Lipinski definition) is 23. The van der Waals surface area contributed by atoms with Crippen LogP contribution in [-0.2, 0) is 37.0 Å². The lowest BCUT2D eigenvalue weighted by molar-refractivity contribution is -0.137. The molecule has 6 aliphatic carbocycles. The van der Waals surface area contributed by atoms with E-state index in [1.165, 1.54) is 96.2 Å². The van der Waals surface area contributed by atoms with E-state index in [4.69, 9.17) is 9.84 Å². The van der Waals surface area contributed by atoms with Crippen LogP contribution in [0.3, 0.4) is 0 Å². The molecule has 16 heterocycles. The summed E-state index contributed by atoms with van der Waals surface area (Å²) in [7, 11) is 0. The fraction of sp³-hybridized carbons (Fsp3) is 0.521. The molecule has 32 heteroatoms. The quantitative estimate of drug-likeness (QED) is 0.0287. The number of Topliss-reactive ketones (excluding diaryl/α,β-unsaturated/α-hetero) is 3. The van der Waals surface area contributed by atoms with E-state index >= 15 is 0 Å². The average molecular weight is 1840 g/mol. The number of carboxylic acids is 1. The molecule has 15 aliphatic rings. The summed E-state index contributed by atoms with van der Waals surface area (Å²) in [5, 5.41) is 35.0. The molecule has 9 aliphatic heterocycles. The second-order valence-electron chi connectivity index (χ2n) is 39.3. The predicted octanol–water partition coefficient (Wildman–Crippen LogP) is 12.8. The third kappa shape index (κ3) is 18.4. The normalized spacial score (nSPS) is 27.8. The van der Waals surface area contributed by atoms with Gasteiger partial charge in [0.1, 0.15) is 80.1 Å². The molecule has 0 spiro atoms. The zero-order valence-electron chi connectivity index (χ0n) is 73.0. The van der Waals surface area contributed by atoms with Crippen LogP contribution in [0.1, 0.15) is 171 Å². The number of nitrogens with one attached hydrogen (secondary N) is 5. The highest BCUT2D eigenvalue weighted by atomic mass is 79.9. The molecule has 9 atom stereocenters. The Morgan fingerprint density at radius 3 is 1.29 bits per heavy atom. The lowest BCUT2D eigenvalue weighted by Gasteiger charge is -2.48. The van der Waals surface area contributed by atoms with Crippen molar-refractivity contribution >= 4 is 118 Å². The van der Waals surface area contributed by atoms with Crippen molar-refractivity contribution < 1.29 is 48.2 Å². The van der Waals surface area contributed by atoms with E-state index in [0.717, 1.165) is 131 Å². The molecule has 126 heavy (non-hydrogen) atoms. The van der Waals surface area contributed by atoms with Gasteiger partial charge in [-0.2, -0.15) is 10.2 Å². The van der Waals surface area contributed by atoms with Crippen molar-refractivity contribution in [3.8, 4) is 22.3 Å². The number of aryl methyl sites for hydroxylation is 5. The molecule has 6 saturated carbocycles. The van der Waals surface area contributed by atoms with Gasteiger partial charge in [-0.05, 0) is 270 Å². The van der Waals surface area contributed by atoms with Crippen LogP contribution in [-0.4, -0.2) is 227 Å². The van der Waals surface area contributed by atoms with Gasteiger partial charge >= 0.3 is 12.1 Å². The lowest BCUT2D eigenvalue weighted by Crippen LogP contribution is -2.50. The van der Waals surface area contributed by atoms with Crippen molar-refractivity contribution in [1.29, 1.82) is 0 Å². The number of carbonyl (C=O) groups excluding carboxylic acids is 7. The number of aromatic nitrogens is 11. The second kappa shape index (κ2) is 34.2. The van der Waals surface area contributed by atoms with Gasteiger partial charge in [0.2, 0.25) is 23.5 Å². The van der Waals surface area contributed by atoms with Crippen LogP contribution in [0.2, 0.25) is 0 Å². The molecule has 6 unspecified atom stereocenters. The molecule has 30 nitrogen and oxygen atoms in total. The summed E-state index contributed by atoms with van der Waals surface area (Å²) in [5.41, 5.74) is 7.98. The Balaban J connectivity index is 0.000000119. The highest BCUT2D eigenvalue weighted by molar-refractivity contribution is 9.10. The Hall–Kier alpha value is -10.1. The average Bonchev–Trinajstić information content (AvgIpc) is 1.52. The minimum absolute atomic E-state index is 0.00242. The number of ether oxygens (including phenoxy) is 1. The number of amides is 4. The van der Waals surface area contributed by atoms with Gasteiger partial charge in [-0.25, -0.2) is 39.7 Å². The topological polar surface area (TPSA) is 365 Å². The summed E-state index contributed by atoms with van der Waals surface area (Å²) in [6.45, 7) is 28.0. The lowest BCUT2D eigenvalue weighted by atomic mass is 9.71. The molecule has 24 rings (SSSR count). The summed E-state index contributed by atoms with van der Waals surface area (Å²) in [6.07, 6.45) is 20.8. The molecule has 6 N–H and O–H groups in total. The van der Waals surface area contributed by atoms with Gasteiger partial charge in [-0.15, -0.1) is 0 Å². The molecule has 15 fully saturated rings. The second-order valence-corrected chi connectivity index (χ2v) is 41.0. The van der Waals surface area contributed by atoms with E-state index in [9.17, 15) is 38.4 Å². The van der Waals surface area contributed by atoms with Crippen molar-refractivity contribution in [2.45, 2.75) is 201 Å². The predicted molar refractivity (Wildman–Crippen MR) is 481 cm³/mol. The van der Waals surface area contributed by atoms with E-state index in [1.807, 2.05) is 103 Å². The van der Waals surface area contributed by atoms with Crippen molar-refractivity contribution in [2.75, 3.05) is 74.9 Å². The zero-order chi connectivity index (χ0) is 88.3. The molecule has 7 aromatic heterocycles. The molecule has 9 saturated heterocycles. The summed E-state index contributed by atoms with van der Waals surface area (Å²) in [6, 6.07) is 22.2. The van der Waals surface area contributed by atoms with Gasteiger partial charge in [0.15, 0.2) is 11.6 Å². The van der Waals surface area contributed by atoms with Crippen LogP contribution >= 0.6 is 31.9 Å². The Bertz CT molecular complexity index is 5790. The molecular weight excluding hydrogens is 1730 g/mol. The first-order valence-corrected chi connectivity index (χ1v) is 45.9. The summed E-state index contributed by atoms with van der Waals surface area (Å²) < 4.78 is 10.00. The molecule has 2 aromatic carbocycles. The smallest absolute Gasteiger partial charge is 0.411 e. The number of carbonyl (C=O) groups is 8. The number of fused-ring (bicyclic) bond motifs is 11. The third-order valence-corrected chi connectivity index (χ3v) is 29.2. The Kier molecular flexibility index (Phi) is 23.5. The number of piperidine rings is 9. The minimum atomic E-state index is -1.01. The SMILES string of the molecule is CC(=O)c1nn(CC(=O)O)c2ccc(-c3cnc(C)nc3)cc12.CC(=O)c1nn(CC(=O)c2ccc(C)c(NC(=O)[C@@H]3CC4(CN5CC6CC(C6)C5)CC4N3)n2)c2ccc(-c3cnc(C)nc3)cc12.Cc1ccc(Br)nc1NC(=O)[C@@H]1CC2(CN3CC4CC(C4)C3)CC2N1.Cc1ccc(Br)nc1NC(=O)[C@@H]1CC2(CN3CC4CC(C4)C3)CC2N1C(=O)OC(C)(C)C. The monoisotopic (exact) mass is 1840 g/mol. The van der Waals surface area contributed by atoms with E-state index in [-0.39, 0.29) is 94.6 Å². The Morgan fingerprint density at radius 2 is 0.881 bits per heavy atom. The number of halogens is 2. The van der Waals surface area contributed by atoms with Crippen LogP contribution in [0, 0.1) is 86.4 Å². The summed E-state index contributed by atoms with van der Waals surface area (Å²) in [4.78, 5) is 141. The first-order chi connectivity index (χ1) is 60.1. The van der Waals surface area contributed by atoms with Gasteiger partial charge in [0, 0.05) is 154 Å². The molecule has 9 aromatic rings. The molecular formula is C94H110Br2N20O10. The van der Waals surface area contributed by atoms with E-state index in [1.54, 1.807) is 59.5 Å². The number of aliphatic carboxylic acids is 1. The van der Waals surface area contributed by atoms with Gasteiger partial charge in [-0.1, -0.05) is 30.3 Å². The fourth-order valence-corrected chi connectivity index (χ4v) is 22.4. The number of benzene rings is 2. The molecule has 660 valence electrons. The van der Waals surface area contributed by atoms with Gasteiger partial charge in [0.25, 0.3) is 0 Å². The largest absolute Gasteiger partial charge is 0.480 e. The van der Waals surface area contributed by atoms with E-state index in [2.05, 4.69) is 118 Å². The fourth-order valence-electron chi connectivity index (χ4n) is 21.8. The number of ketones is 3. The van der Waals surface area contributed by atoms with Crippen LogP contribution in [0.5, 0.6) is 0 Å². The molecule has 6 bridgehead atoms. The maximum Gasteiger partial charge on any atom is 0.411 e. The highest BCUT2D eigenvalue weighted by Crippen LogP contribution is 2.62. The van der Waals surface area contributed by atoms with Gasteiger partial charge in [-0.3, -0.25) is 47.8 Å². The van der Waals surface area contributed by atoms with E-state index < -0.39 is 17.6 Å². The highest BCUT2D eigenvalue weighted by Gasteiger charge is 2.69. The van der Waals surface area contributed by atoms with Crippen molar-refractivity contribution in [3.63, 3.8) is 0 Å². The van der Waals surface area contributed by atoms with Crippen LogP contribution in [0.15, 0.2) is 107 Å². The Labute approximate surface area is 748 Å². The van der Waals surface area contributed by atoms with Gasteiger partial charge in [0.05, 0.1) is 23.1 Å². The summed E-state index contributed by atoms with van der Waals surface area (Å²) >= 11 is 6.75. The van der Waals surface area contributed by atoms with Crippen LogP contribution < -0.4 is 26.6 Å². The number of rotatable bonds is 21. The van der Waals surface area contributed by atoms with Crippen LogP contribution in [0.4, 0.5) is 22.2 Å². The van der Waals surface area contributed by atoms with Crippen LogP contribution in [0.25, 0.3) is 44.1 Å². The minimum Gasteiger partial charge on any atom is -0.480 e. The van der Waals surface area contributed by atoms with E-state index in [0.29, 0.717) is 85.1 Å². The first-order valence-electron chi connectivity index (χ1n) is 44.4. The van der Waals surface area contributed by atoms with Gasteiger partial charge < -0.3 is 51.1 Å². The van der Waals surface area contributed by atoms with Crippen molar-refractivity contribution in [2.24, 2.45) is 51.8 Å². The number of likely N-dealkylation sites (tertiary alicyclic amines) is 1. The first kappa shape index (κ1) is 86.6. The summed E-state index contributed by atoms with van der Waals surface area (Å²) in [5.74, 6) is 6.34. The van der Waals surface area contributed by atoms with Crippen molar-refractivity contribution in [3.05, 3.63) is 152 Å². The van der Waals surface area contributed by atoms with Crippen molar-refractivity contribution in [1.82, 2.24) is 84.7 Å². The maximum absolute atomic E-state index is 13.5. The maximum atomic E-state index is 13.5. The number of hydrogen-bond donors (Lipinski definition) is 6. The number of anilines is 3. The molecule has 4 amide bonds. The number of carboxylic acid groups (broad SMARTS) is 1. The number of nitrogens with zero attached hydrogens (tertiary/aromatic N) is 15.